The fourth-order valence-corrected chi connectivity index (χ4v) is 4.73. The van der Waals surface area contributed by atoms with Gasteiger partial charge in [0.2, 0.25) is 5.95 Å². The van der Waals surface area contributed by atoms with Crippen LogP contribution >= 0.6 is 0 Å². The number of pyridine rings is 2. The Morgan fingerprint density at radius 2 is 2.05 bits per heavy atom. The van der Waals surface area contributed by atoms with E-state index >= 15 is 0 Å². The van der Waals surface area contributed by atoms with Gasteiger partial charge in [-0.2, -0.15) is 4.98 Å². The Hall–Kier alpha value is -4.45. The number of aliphatic hydroxyl groups is 1. The number of nitrogens with one attached hydrogen (secondary N) is 1. The number of aromatic nitrogens is 6. The topological polar surface area (TPSA) is 155 Å². The highest BCUT2D eigenvalue weighted by Gasteiger charge is 2.33. The van der Waals surface area contributed by atoms with Crippen LogP contribution in [0.1, 0.15) is 48.9 Å². The molecule has 0 aliphatic heterocycles. The van der Waals surface area contributed by atoms with Gasteiger partial charge in [-0.25, -0.2) is 9.97 Å². The van der Waals surface area contributed by atoms with E-state index in [1.165, 1.54) is 31.9 Å². The largest absolute Gasteiger partial charge is 0.491 e. The average Bonchev–Trinajstić information content (AvgIpc) is 3.73. The molecule has 4 aromatic heterocycles. The van der Waals surface area contributed by atoms with Gasteiger partial charge in [0, 0.05) is 31.8 Å². The molecule has 4 aromatic rings. The first-order valence-corrected chi connectivity index (χ1v) is 12.4. The quantitative estimate of drug-likeness (QED) is 0.298. The van der Waals surface area contributed by atoms with Crippen molar-refractivity contribution in [3.05, 3.63) is 64.9 Å². The Bertz CT molecular complexity index is 1590. The molecular weight excluding hydrogens is 488 g/mol. The van der Waals surface area contributed by atoms with Gasteiger partial charge in [0.05, 0.1) is 31.6 Å². The number of anilines is 2. The summed E-state index contributed by atoms with van der Waals surface area (Å²) >= 11 is 0. The number of hydrogen-bond donors (Lipinski definition) is 3. The summed E-state index contributed by atoms with van der Waals surface area (Å²) in [5, 5.41) is 13.4. The van der Waals surface area contributed by atoms with Gasteiger partial charge in [-0.3, -0.25) is 9.78 Å². The molecule has 0 amide bonds. The van der Waals surface area contributed by atoms with E-state index in [9.17, 15) is 9.90 Å². The highest BCUT2D eigenvalue weighted by molar-refractivity contribution is 5.85. The van der Waals surface area contributed by atoms with E-state index in [4.69, 9.17) is 15.2 Å². The number of aliphatic hydroxyl groups excluding tert-OH is 1. The molecule has 2 saturated carbocycles. The predicted molar refractivity (Wildman–Crippen MR) is 140 cm³/mol. The van der Waals surface area contributed by atoms with Crippen LogP contribution in [0.5, 0.6) is 11.5 Å². The summed E-state index contributed by atoms with van der Waals surface area (Å²) in [6, 6.07) is 1.68. The van der Waals surface area contributed by atoms with Crippen molar-refractivity contribution in [3.8, 4) is 11.5 Å². The Labute approximate surface area is 217 Å². The van der Waals surface area contributed by atoms with Crippen LogP contribution in [0.15, 0.2) is 48.0 Å². The summed E-state index contributed by atoms with van der Waals surface area (Å²) in [6.45, 7) is 0. The van der Waals surface area contributed by atoms with Crippen LogP contribution in [0.4, 0.5) is 11.6 Å². The number of aryl methyl sites for hydroxylation is 1. The van der Waals surface area contributed by atoms with Crippen molar-refractivity contribution in [3.63, 3.8) is 0 Å². The molecule has 12 heteroatoms. The Morgan fingerprint density at radius 1 is 1.21 bits per heavy atom. The van der Waals surface area contributed by atoms with E-state index in [2.05, 4.69) is 25.3 Å². The summed E-state index contributed by atoms with van der Waals surface area (Å²) in [5.41, 5.74) is 8.51. The van der Waals surface area contributed by atoms with Gasteiger partial charge in [0.1, 0.15) is 16.9 Å². The fraction of sp³-hybridized carbons (Fsp3) is 0.346. The molecule has 0 bridgehead atoms. The van der Waals surface area contributed by atoms with E-state index in [1.54, 1.807) is 22.4 Å². The monoisotopic (exact) mass is 516 g/mol. The second kappa shape index (κ2) is 9.45. The van der Waals surface area contributed by atoms with Crippen molar-refractivity contribution in [1.82, 2.24) is 29.1 Å². The van der Waals surface area contributed by atoms with Crippen LogP contribution in [-0.4, -0.2) is 47.4 Å². The van der Waals surface area contributed by atoms with Gasteiger partial charge in [0.25, 0.3) is 5.56 Å². The molecule has 0 aromatic carbocycles. The molecule has 12 nitrogen and oxygen atoms in total. The van der Waals surface area contributed by atoms with Crippen LogP contribution in [0.25, 0.3) is 16.9 Å². The number of methoxy groups -OCH3 is 1. The van der Waals surface area contributed by atoms with E-state index in [-0.39, 0.29) is 17.4 Å². The molecule has 0 spiro atoms. The lowest BCUT2D eigenvalue weighted by atomic mass is 9.88. The van der Waals surface area contributed by atoms with E-state index < -0.39 is 6.10 Å². The van der Waals surface area contributed by atoms with Crippen LogP contribution in [0.3, 0.4) is 0 Å². The Morgan fingerprint density at radius 3 is 2.68 bits per heavy atom. The summed E-state index contributed by atoms with van der Waals surface area (Å²) < 4.78 is 15.1. The van der Waals surface area contributed by atoms with Gasteiger partial charge in [0.15, 0.2) is 22.9 Å². The van der Waals surface area contributed by atoms with Crippen LogP contribution in [-0.2, 0) is 7.05 Å². The van der Waals surface area contributed by atoms with Crippen molar-refractivity contribution in [2.45, 2.75) is 43.7 Å². The number of nitrogens with two attached hydrogens (primary N) is 1. The van der Waals surface area contributed by atoms with Crippen molar-refractivity contribution in [2.75, 3.05) is 12.4 Å². The lowest BCUT2D eigenvalue weighted by Gasteiger charge is -2.34. The van der Waals surface area contributed by atoms with Gasteiger partial charge >= 0.3 is 0 Å². The van der Waals surface area contributed by atoms with Crippen molar-refractivity contribution < 1.29 is 14.6 Å². The Balaban J connectivity index is 1.38. The molecule has 0 unspecified atom stereocenters. The van der Waals surface area contributed by atoms with E-state index in [1.807, 2.05) is 12.3 Å². The second-order valence-corrected chi connectivity index (χ2v) is 9.56. The summed E-state index contributed by atoms with van der Waals surface area (Å²) in [6.07, 6.45) is 12.5. The standard InChI is InChI=1S/C26H28N8O4/c1-33-22-23(37-2)21(38-20(10-27)17-11-28-7-8-29-17)12-30-24(22)32-26(33)31-16-9-15(14-3-4-14)13-34(25(16)36)18-5-6-19(18)35/h7-14,18-19,35H,3-6,27H2,1-2H3,(H,30,31,32)/b20-10+/t18-,19+/m1/s1. The summed E-state index contributed by atoms with van der Waals surface area (Å²) in [4.78, 5) is 30.8. The first kappa shape index (κ1) is 23.9. The number of nitrogens with zero attached hydrogens (tertiary/aromatic N) is 6. The molecule has 196 valence electrons. The van der Waals surface area contributed by atoms with E-state index in [0.717, 1.165) is 24.8 Å². The first-order valence-electron chi connectivity index (χ1n) is 12.4. The lowest BCUT2D eigenvalue weighted by molar-refractivity contribution is 0.0299. The third kappa shape index (κ3) is 4.12. The number of hydrogen-bond acceptors (Lipinski definition) is 10. The molecular formula is C26H28N8O4. The molecule has 2 fully saturated rings. The van der Waals surface area contributed by atoms with Crippen molar-refractivity contribution in [2.24, 2.45) is 12.8 Å². The van der Waals surface area contributed by atoms with Crippen molar-refractivity contribution in [1.29, 1.82) is 0 Å². The minimum Gasteiger partial charge on any atom is -0.491 e. The van der Waals surface area contributed by atoms with Crippen LogP contribution in [0, 0.1) is 0 Å². The SMILES string of the molecule is COc1c(O/C(=C/N)c2cnccn2)cnc2nc(Nc3cc(C4CC4)cn([C@@H]4CC[C@@H]4O)c3=O)n(C)c12. The highest BCUT2D eigenvalue weighted by Crippen LogP contribution is 2.42. The molecule has 2 atom stereocenters. The van der Waals surface area contributed by atoms with Gasteiger partial charge in [-0.15, -0.1) is 0 Å². The molecule has 4 N–H and O–H groups in total. The smallest absolute Gasteiger partial charge is 0.274 e. The zero-order chi connectivity index (χ0) is 26.4. The summed E-state index contributed by atoms with van der Waals surface area (Å²) in [7, 11) is 3.32. The molecule has 0 saturated heterocycles. The highest BCUT2D eigenvalue weighted by atomic mass is 16.5. The second-order valence-electron chi connectivity index (χ2n) is 9.56. The van der Waals surface area contributed by atoms with Crippen LogP contribution < -0.4 is 26.1 Å². The minimum atomic E-state index is -0.507. The maximum absolute atomic E-state index is 13.4. The number of rotatable bonds is 8. The van der Waals surface area contributed by atoms with Crippen LogP contribution in [0.2, 0.25) is 0 Å². The first-order chi connectivity index (χ1) is 18.5. The maximum Gasteiger partial charge on any atom is 0.274 e. The molecule has 2 aliphatic carbocycles. The van der Waals surface area contributed by atoms with E-state index in [0.29, 0.717) is 52.3 Å². The van der Waals surface area contributed by atoms with Crippen molar-refractivity contribution >= 4 is 28.6 Å². The van der Waals surface area contributed by atoms with Gasteiger partial charge < -0.3 is 34.8 Å². The molecule has 4 heterocycles. The zero-order valence-electron chi connectivity index (χ0n) is 21.0. The fourth-order valence-electron chi connectivity index (χ4n) is 4.73. The Kier molecular flexibility index (Phi) is 5.95. The predicted octanol–water partition coefficient (Wildman–Crippen LogP) is 2.58. The maximum atomic E-state index is 13.4. The molecule has 2 aliphatic rings. The number of fused-ring (bicyclic) bond motifs is 1. The summed E-state index contributed by atoms with van der Waals surface area (Å²) in [5.74, 6) is 1.84. The zero-order valence-corrected chi connectivity index (χ0v) is 21.0. The molecule has 0 radical (unpaired) electrons. The average molecular weight is 517 g/mol. The number of ether oxygens (including phenoxy) is 2. The molecule has 6 rings (SSSR count). The minimum absolute atomic E-state index is 0.198. The lowest BCUT2D eigenvalue weighted by Crippen LogP contribution is -2.39. The normalized spacial score (nSPS) is 19.3. The van der Waals surface area contributed by atoms with Gasteiger partial charge in [-0.05, 0) is 43.2 Å². The molecule has 38 heavy (non-hydrogen) atoms. The third-order valence-corrected chi connectivity index (χ3v) is 7.13. The third-order valence-electron chi connectivity index (χ3n) is 7.13. The van der Waals surface area contributed by atoms with Gasteiger partial charge in [-0.1, -0.05) is 0 Å². The number of imidazole rings is 1.